The topological polar surface area (TPSA) is 97.6 Å². The van der Waals surface area contributed by atoms with Crippen LogP contribution in [0.2, 0.25) is 0 Å². The molecule has 1 N–H and O–H groups in total. The van der Waals surface area contributed by atoms with Crippen LogP contribution < -0.4 is 10.1 Å². The van der Waals surface area contributed by atoms with Gasteiger partial charge in [0.1, 0.15) is 5.75 Å². The summed E-state index contributed by atoms with van der Waals surface area (Å²) < 4.78 is 36.2. The number of sulfonamides is 1. The first-order valence-electron chi connectivity index (χ1n) is 7.58. The number of anilines is 1. The predicted octanol–water partition coefficient (Wildman–Crippen LogP) is 1.82. The lowest BCUT2D eigenvalue weighted by molar-refractivity contribution is 0.377. The monoisotopic (exact) mass is 352 g/mol. The Hall–Kier alpha value is -2.13. The molecule has 9 heteroatoms. The van der Waals surface area contributed by atoms with Gasteiger partial charge in [0.25, 0.3) is 0 Å². The summed E-state index contributed by atoms with van der Waals surface area (Å²) in [5.74, 6) is 2.16. The van der Waals surface area contributed by atoms with E-state index in [0.717, 1.165) is 18.7 Å². The fourth-order valence-corrected chi connectivity index (χ4v) is 3.14. The highest BCUT2D eigenvalue weighted by molar-refractivity contribution is 7.89. The Morgan fingerprint density at radius 3 is 2.75 bits per heavy atom. The second-order valence-corrected chi connectivity index (χ2v) is 7.98. The second kappa shape index (κ2) is 6.40. The Kier molecular flexibility index (Phi) is 4.46. The molecular formula is C15H20N4O4S. The van der Waals surface area contributed by atoms with Gasteiger partial charge in [0, 0.05) is 20.0 Å². The van der Waals surface area contributed by atoms with E-state index >= 15 is 0 Å². The van der Waals surface area contributed by atoms with Gasteiger partial charge in [-0.3, -0.25) is 0 Å². The van der Waals surface area contributed by atoms with E-state index in [9.17, 15) is 8.42 Å². The van der Waals surface area contributed by atoms with Gasteiger partial charge in [-0.2, -0.15) is 4.98 Å². The van der Waals surface area contributed by atoms with Crippen molar-refractivity contribution in [2.24, 2.45) is 0 Å². The van der Waals surface area contributed by atoms with Crippen LogP contribution in [0, 0.1) is 0 Å². The molecule has 0 atom stereocenters. The fraction of sp³-hybridized carbons (Fsp3) is 0.467. The maximum atomic E-state index is 12.3. The number of methoxy groups -OCH3 is 1. The normalized spacial score (nSPS) is 14.8. The highest BCUT2D eigenvalue weighted by atomic mass is 32.2. The number of hydrogen-bond donors (Lipinski definition) is 1. The van der Waals surface area contributed by atoms with Crippen LogP contribution in [-0.2, 0) is 16.6 Å². The summed E-state index contributed by atoms with van der Waals surface area (Å²) in [6.07, 6.45) is 2.20. The van der Waals surface area contributed by atoms with Crippen molar-refractivity contribution in [3.05, 3.63) is 29.9 Å². The lowest BCUT2D eigenvalue weighted by Gasteiger charge is -2.15. The molecule has 1 aromatic heterocycles. The Morgan fingerprint density at radius 1 is 1.38 bits per heavy atom. The van der Waals surface area contributed by atoms with Crippen LogP contribution in [-0.4, -0.2) is 44.1 Å². The molecule has 1 saturated carbocycles. The van der Waals surface area contributed by atoms with E-state index in [-0.39, 0.29) is 4.90 Å². The van der Waals surface area contributed by atoms with Gasteiger partial charge >= 0.3 is 0 Å². The van der Waals surface area contributed by atoms with Crippen LogP contribution in [0.4, 0.5) is 5.69 Å². The molecule has 130 valence electrons. The molecule has 24 heavy (non-hydrogen) atoms. The van der Waals surface area contributed by atoms with Crippen molar-refractivity contribution in [1.29, 1.82) is 0 Å². The average molecular weight is 352 g/mol. The zero-order valence-corrected chi connectivity index (χ0v) is 14.6. The third-order valence-corrected chi connectivity index (χ3v) is 5.62. The molecule has 2 aromatic rings. The fourth-order valence-electron chi connectivity index (χ4n) is 2.21. The van der Waals surface area contributed by atoms with E-state index in [1.165, 1.54) is 37.6 Å². The third-order valence-electron chi connectivity index (χ3n) is 3.81. The zero-order chi connectivity index (χ0) is 17.3. The molecule has 0 amide bonds. The minimum absolute atomic E-state index is 0.181. The predicted molar refractivity (Wildman–Crippen MR) is 87.5 cm³/mol. The van der Waals surface area contributed by atoms with Gasteiger partial charge in [0.2, 0.25) is 15.9 Å². The van der Waals surface area contributed by atoms with Crippen LogP contribution in [0.25, 0.3) is 0 Å². The molecule has 1 aromatic carbocycles. The van der Waals surface area contributed by atoms with Crippen LogP contribution in [0.15, 0.2) is 27.6 Å². The summed E-state index contributed by atoms with van der Waals surface area (Å²) in [5.41, 5.74) is 0.548. The number of nitrogens with one attached hydrogen (secondary N) is 1. The molecule has 1 heterocycles. The van der Waals surface area contributed by atoms with E-state index in [4.69, 9.17) is 9.26 Å². The molecule has 0 saturated heterocycles. The van der Waals surface area contributed by atoms with Gasteiger partial charge in [0.05, 0.1) is 24.2 Å². The highest BCUT2D eigenvalue weighted by Crippen LogP contribution is 2.38. The summed E-state index contributed by atoms with van der Waals surface area (Å²) in [6.45, 7) is 0.293. The number of rotatable bonds is 7. The minimum Gasteiger partial charge on any atom is -0.495 e. The summed E-state index contributed by atoms with van der Waals surface area (Å²) in [7, 11) is 0.988. The van der Waals surface area contributed by atoms with Crippen molar-refractivity contribution >= 4 is 15.7 Å². The Bertz CT molecular complexity index is 828. The summed E-state index contributed by atoms with van der Waals surface area (Å²) in [4.78, 5) is 4.52. The smallest absolute Gasteiger partial charge is 0.245 e. The third kappa shape index (κ3) is 3.36. The van der Waals surface area contributed by atoms with Crippen molar-refractivity contribution in [1.82, 2.24) is 14.4 Å². The van der Waals surface area contributed by atoms with Crippen molar-refractivity contribution in [3.63, 3.8) is 0 Å². The van der Waals surface area contributed by atoms with Crippen molar-refractivity contribution < 1.29 is 17.7 Å². The maximum Gasteiger partial charge on any atom is 0.245 e. The first kappa shape index (κ1) is 16.7. The lowest BCUT2D eigenvalue weighted by Crippen LogP contribution is -2.22. The van der Waals surface area contributed by atoms with E-state index in [1.54, 1.807) is 6.07 Å². The molecule has 3 rings (SSSR count). The van der Waals surface area contributed by atoms with Gasteiger partial charge in [-0.05, 0) is 31.0 Å². The standard InChI is InChI=1S/C15H20N4O4S/c1-19(2)24(20,21)11-6-7-13(22-3)12(8-11)16-9-14-17-15(18-23-14)10-4-5-10/h6-8,10,16H,4-5,9H2,1-3H3. The molecule has 0 unspecified atom stereocenters. The van der Waals surface area contributed by atoms with Gasteiger partial charge in [-0.15, -0.1) is 0 Å². The number of aromatic nitrogens is 2. The Labute approximate surface area is 140 Å². The zero-order valence-electron chi connectivity index (χ0n) is 13.8. The van der Waals surface area contributed by atoms with Crippen LogP contribution >= 0.6 is 0 Å². The minimum atomic E-state index is -3.52. The van der Waals surface area contributed by atoms with E-state index in [1.807, 2.05) is 0 Å². The summed E-state index contributed by atoms with van der Waals surface area (Å²) >= 11 is 0. The quantitative estimate of drug-likeness (QED) is 0.811. The average Bonchev–Trinajstić information content (AvgIpc) is 3.31. The Balaban J connectivity index is 1.79. The molecule has 1 aliphatic rings. The van der Waals surface area contributed by atoms with Crippen molar-refractivity contribution in [3.8, 4) is 5.75 Å². The Morgan fingerprint density at radius 2 is 2.12 bits per heavy atom. The van der Waals surface area contributed by atoms with Crippen LogP contribution in [0.3, 0.4) is 0 Å². The maximum absolute atomic E-state index is 12.3. The number of nitrogens with zero attached hydrogens (tertiary/aromatic N) is 3. The molecule has 1 aliphatic carbocycles. The van der Waals surface area contributed by atoms with E-state index in [2.05, 4.69) is 15.5 Å². The second-order valence-electron chi connectivity index (χ2n) is 5.82. The first-order valence-corrected chi connectivity index (χ1v) is 9.02. The van der Waals surface area contributed by atoms with Crippen molar-refractivity contribution in [2.45, 2.75) is 30.2 Å². The SMILES string of the molecule is COc1ccc(S(=O)(=O)N(C)C)cc1NCc1nc(C2CC2)no1. The molecular weight excluding hydrogens is 332 g/mol. The molecule has 8 nitrogen and oxygen atoms in total. The number of hydrogen-bond acceptors (Lipinski definition) is 7. The van der Waals surface area contributed by atoms with E-state index < -0.39 is 10.0 Å². The lowest BCUT2D eigenvalue weighted by atomic mass is 10.3. The van der Waals surface area contributed by atoms with Gasteiger partial charge in [0.15, 0.2) is 5.82 Å². The number of benzene rings is 1. The molecule has 1 fully saturated rings. The van der Waals surface area contributed by atoms with Crippen molar-refractivity contribution in [2.75, 3.05) is 26.5 Å². The molecule has 0 radical (unpaired) electrons. The highest BCUT2D eigenvalue weighted by Gasteiger charge is 2.28. The van der Waals surface area contributed by atoms with Gasteiger partial charge < -0.3 is 14.6 Å². The summed E-state index contributed by atoms with van der Waals surface area (Å²) in [5, 5.41) is 7.05. The van der Waals surface area contributed by atoms with Gasteiger partial charge in [-0.25, -0.2) is 12.7 Å². The number of ether oxygens (including phenoxy) is 1. The molecule has 0 aliphatic heterocycles. The van der Waals surface area contributed by atoms with Crippen LogP contribution in [0.1, 0.15) is 30.5 Å². The largest absolute Gasteiger partial charge is 0.495 e. The van der Waals surface area contributed by atoms with Crippen LogP contribution in [0.5, 0.6) is 5.75 Å². The summed E-state index contributed by atoms with van der Waals surface area (Å²) in [6, 6.07) is 4.66. The molecule has 0 spiro atoms. The van der Waals surface area contributed by atoms with E-state index in [0.29, 0.717) is 29.8 Å². The first-order chi connectivity index (χ1) is 11.4. The van der Waals surface area contributed by atoms with Gasteiger partial charge in [-0.1, -0.05) is 5.16 Å². The molecule has 0 bridgehead atoms.